The SMILES string of the molecule is COc1c(Br)ccc(CCN)c1C. The van der Waals surface area contributed by atoms with E-state index < -0.39 is 0 Å². The van der Waals surface area contributed by atoms with E-state index in [1.807, 2.05) is 6.07 Å². The van der Waals surface area contributed by atoms with Gasteiger partial charge in [0.05, 0.1) is 11.6 Å². The lowest BCUT2D eigenvalue weighted by Crippen LogP contribution is -2.05. The minimum atomic E-state index is 0.672. The summed E-state index contributed by atoms with van der Waals surface area (Å²) in [4.78, 5) is 0. The summed E-state index contributed by atoms with van der Waals surface area (Å²) >= 11 is 3.44. The lowest BCUT2D eigenvalue weighted by atomic mass is 10.1. The van der Waals surface area contributed by atoms with Crippen LogP contribution in [0, 0.1) is 6.92 Å². The number of halogens is 1. The Hall–Kier alpha value is -0.540. The van der Waals surface area contributed by atoms with Crippen molar-refractivity contribution in [1.82, 2.24) is 0 Å². The molecule has 0 spiro atoms. The van der Waals surface area contributed by atoms with E-state index >= 15 is 0 Å². The largest absolute Gasteiger partial charge is 0.495 e. The van der Waals surface area contributed by atoms with Crippen molar-refractivity contribution in [3.63, 3.8) is 0 Å². The molecule has 0 saturated carbocycles. The molecule has 0 aliphatic heterocycles. The molecule has 13 heavy (non-hydrogen) atoms. The van der Waals surface area contributed by atoms with Gasteiger partial charge in [-0.15, -0.1) is 0 Å². The third-order valence-electron chi connectivity index (χ3n) is 2.09. The van der Waals surface area contributed by atoms with Crippen LogP contribution in [0.1, 0.15) is 11.1 Å². The molecule has 0 aliphatic rings. The number of rotatable bonds is 3. The summed E-state index contributed by atoms with van der Waals surface area (Å²) in [5.74, 6) is 0.908. The molecular weight excluding hydrogens is 230 g/mol. The fourth-order valence-electron chi connectivity index (χ4n) is 1.38. The van der Waals surface area contributed by atoms with Gasteiger partial charge in [-0.1, -0.05) is 6.07 Å². The second-order valence-electron chi connectivity index (χ2n) is 2.90. The molecule has 0 bridgehead atoms. The van der Waals surface area contributed by atoms with Gasteiger partial charge in [0.15, 0.2) is 0 Å². The van der Waals surface area contributed by atoms with Crippen LogP contribution >= 0.6 is 15.9 Å². The number of methoxy groups -OCH3 is 1. The topological polar surface area (TPSA) is 35.2 Å². The average molecular weight is 244 g/mol. The predicted molar refractivity (Wildman–Crippen MR) is 58.2 cm³/mol. The van der Waals surface area contributed by atoms with Gasteiger partial charge >= 0.3 is 0 Å². The fourth-order valence-corrected chi connectivity index (χ4v) is 1.97. The van der Waals surface area contributed by atoms with E-state index in [-0.39, 0.29) is 0 Å². The molecule has 0 amide bonds. The highest BCUT2D eigenvalue weighted by Gasteiger charge is 2.07. The van der Waals surface area contributed by atoms with E-state index in [1.165, 1.54) is 11.1 Å². The highest BCUT2D eigenvalue weighted by molar-refractivity contribution is 9.10. The van der Waals surface area contributed by atoms with Crippen LogP contribution in [0.5, 0.6) is 5.75 Å². The first kappa shape index (κ1) is 10.5. The monoisotopic (exact) mass is 243 g/mol. The molecule has 0 aromatic heterocycles. The molecule has 2 N–H and O–H groups in total. The van der Waals surface area contributed by atoms with Crippen molar-refractivity contribution in [2.75, 3.05) is 13.7 Å². The van der Waals surface area contributed by atoms with Crippen molar-refractivity contribution in [1.29, 1.82) is 0 Å². The molecule has 0 saturated heterocycles. The van der Waals surface area contributed by atoms with Crippen LogP contribution < -0.4 is 10.5 Å². The molecule has 0 heterocycles. The molecule has 3 heteroatoms. The van der Waals surface area contributed by atoms with E-state index in [9.17, 15) is 0 Å². The van der Waals surface area contributed by atoms with Gasteiger partial charge in [-0.05, 0) is 53.0 Å². The lowest BCUT2D eigenvalue weighted by Gasteiger charge is -2.11. The van der Waals surface area contributed by atoms with Gasteiger partial charge in [0.2, 0.25) is 0 Å². The van der Waals surface area contributed by atoms with E-state index in [2.05, 4.69) is 28.9 Å². The van der Waals surface area contributed by atoms with E-state index in [4.69, 9.17) is 10.5 Å². The molecule has 1 aromatic rings. The van der Waals surface area contributed by atoms with E-state index in [1.54, 1.807) is 7.11 Å². The lowest BCUT2D eigenvalue weighted by molar-refractivity contribution is 0.408. The maximum absolute atomic E-state index is 5.51. The Morgan fingerprint density at radius 1 is 1.46 bits per heavy atom. The molecule has 0 aliphatic carbocycles. The number of hydrogen-bond acceptors (Lipinski definition) is 2. The van der Waals surface area contributed by atoms with Gasteiger partial charge in [0, 0.05) is 0 Å². The molecule has 1 aromatic carbocycles. The van der Waals surface area contributed by atoms with Crippen LogP contribution in [-0.4, -0.2) is 13.7 Å². The van der Waals surface area contributed by atoms with Crippen molar-refractivity contribution in [2.24, 2.45) is 5.73 Å². The van der Waals surface area contributed by atoms with Crippen molar-refractivity contribution in [2.45, 2.75) is 13.3 Å². The summed E-state index contributed by atoms with van der Waals surface area (Å²) in [5, 5.41) is 0. The van der Waals surface area contributed by atoms with Crippen LogP contribution in [0.25, 0.3) is 0 Å². The highest BCUT2D eigenvalue weighted by atomic mass is 79.9. The molecule has 0 atom stereocenters. The van der Waals surface area contributed by atoms with Gasteiger partial charge in [-0.3, -0.25) is 0 Å². The molecule has 1 rings (SSSR count). The van der Waals surface area contributed by atoms with Gasteiger partial charge in [0.1, 0.15) is 5.75 Å². The fraction of sp³-hybridized carbons (Fsp3) is 0.400. The normalized spacial score (nSPS) is 10.2. The van der Waals surface area contributed by atoms with Crippen molar-refractivity contribution < 1.29 is 4.74 Å². The molecular formula is C10H14BrNO. The average Bonchev–Trinajstić information content (AvgIpc) is 2.11. The first-order valence-corrected chi connectivity index (χ1v) is 5.02. The smallest absolute Gasteiger partial charge is 0.136 e. The van der Waals surface area contributed by atoms with Crippen LogP contribution in [0.3, 0.4) is 0 Å². The van der Waals surface area contributed by atoms with Crippen molar-refractivity contribution in [3.05, 3.63) is 27.7 Å². The standard InChI is InChI=1S/C10H14BrNO/c1-7-8(5-6-12)3-4-9(11)10(7)13-2/h3-4H,5-6,12H2,1-2H3. The van der Waals surface area contributed by atoms with Crippen LogP contribution in [0.2, 0.25) is 0 Å². The van der Waals surface area contributed by atoms with Crippen LogP contribution in [0.4, 0.5) is 0 Å². The molecule has 0 fully saturated rings. The quantitative estimate of drug-likeness (QED) is 0.885. The molecule has 0 radical (unpaired) electrons. The summed E-state index contributed by atoms with van der Waals surface area (Å²) < 4.78 is 6.27. The van der Waals surface area contributed by atoms with Crippen molar-refractivity contribution in [3.8, 4) is 5.75 Å². The van der Waals surface area contributed by atoms with Gasteiger partial charge in [-0.25, -0.2) is 0 Å². The zero-order chi connectivity index (χ0) is 9.84. The highest BCUT2D eigenvalue weighted by Crippen LogP contribution is 2.30. The van der Waals surface area contributed by atoms with E-state index in [0.717, 1.165) is 16.6 Å². The van der Waals surface area contributed by atoms with Gasteiger partial charge in [-0.2, -0.15) is 0 Å². The minimum Gasteiger partial charge on any atom is -0.495 e. The summed E-state index contributed by atoms with van der Waals surface area (Å²) in [6, 6.07) is 4.08. The minimum absolute atomic E-state index is 0.672. The summed E-state index contributed by atoms with van der Waals surface area (Å²) in [6.45, 7) is 2.72. The molecule has 2 nitrogen and oxygen atoms in total. The Morgan fingerprint density at radius 3 is 2.69 bits per heavy atom. The summed E-state index contributed by atoms with van der Waals surface area (Å²) in [7, 11) is 1.68. The second-order valence-corrected chi connectivity index (χ2v) is 3.76. The number of ether oxygens (including phenoxy) is 1. The van der Waals surface area contributed by atoms with Gasteiger partial charge in [0.25, 0.3) is 0 Å². The number of benzene rings is 1. The Balaban J connectivity index is 3.11. The van der Waals surface area contributed by atoms with Gasteiger partial charge < -0.3 is 10.5 Å². The molecule has 72 valence electrons. The van der Waals surface area contributed by atoms with Crippen LogP contribution in [-0.2, 0) is 6.42 Å². The third kappa shape index (κ3) is 2.23. The second kappa shape index (κ2) is 4.63. The maximum atomic E-state index is 5.51. The van der Waals surface area contributed by atoms with Crippen LogP contribution in [0.15, 0.2) is 16.6 Å². The Labute approximate surface area is 87.2 Å². The number of hydrogen-bond donors (Lipinski definition) is 1. The number of nitrogens with two attached hydrogens (primary N) is 1. The van der Waals surface area contributed by atoms with E-state index in [0.29, 0.717) is 6.54 Å². The Morgan fingerprint density at radius 2 is 2.15 bits per heavy atom. The summed E-state index contributed by atoms with van der Waals surface area (Å²) in [5.41, 5.74) is 7.93. The third-order valence-corrected chi connectivity index (χ3v) is 2.71. The zero-order valence-corrected chi connectivity index (χ0v) is 9.52. The Bertz CT molecular complexity index is 299. The first-order chi connectivity index (χ1) is 6.20. The van der Waals surface area contributed by atoms with Crippen molar-refractivity contribution >= 4 is 15.9 Å². The summed E-state index contributed by atoms with van der Waals surface area (Å²) in [6.07, 6.45) is 0.898. The predicted octanol–water partition coefficient (Wildman–Crippen LogP) is 2.27. The first-order valence-electron chi connectivity index (χ1n) is 4.22. The zero-order valence-electron chi connectivity index (χ0n) is 7.93. The Kier molecular flexibility index (Phi) is 3.75. The maximum Gasteiger partial charge on any atom is 0.136 e. The molecule has 0 unspecified atom stereocenters.